The van der Waals surface area contributed by atoms with Crippen LogP contribution in [0, 0.1) is 5.92 Å². The second-order valence-corrected chi connectivity index (χ2v) is 6.30. The number of alkyl halides is 3. The molecule has 2 saturated heterocycles. The average Bonchev–Trinajstić information content (AvgIpc) is 2.57. The number of halogens is 5. The van der Waals surface area contributed by atoms with Crippen molar-refractivity contribution < 1.29 is 17.9 Å². The lowest BCUT2D eigenvalue weighted by Crippen LogP contribution is -2.47. The molecule has 1 aromatic rings. The molecule has 25 heavy (non-hydrogen) atoms. The van der Waals surface area contributed by atoms with Gasteiger partial charge in [0.05, 0.1) is 5.56 Å². The third-order valence-corrected chi connectivity index (χ3v) is 4.84. The molecule has 0 radical (unpaired) electrons. The maximum absolute atomic E-state index is 12.8. The second-order valence-electron chi connectivity index (χ2n) is 6.30. The van der Waals surface area contributed by atoms with Crippen molar-refractivity contribution in [2.45, 2.75) is 25.1 Å². The molecule has 2 aliphatic rings. The summed E-state index contributed by atoms with van der Waals surface area (Å²) in [4.78, 5) is 2.41. The minimum absolute atomic E-state index is 0. The first-order valence-corrected chi connectivity index (χ1v) is 8.25. The number of piperazine rings is 1. The summed E-state index contributed by atoms with van der Waals surface area (Å²) in [7, 11) is 0. The van der Waals surface area contributed by atoms with Crippen molar-refractivity contribution in [3.05, 3.63) is 35.4 Å². The maximum Gasteiger partial charge on any atom is 0.416 e. The van der Waals surface area contributed by atoms with E-state index in [-0.39, 0.29) is 30.9 Å². The standard InChI is InChI=1S/C17H23F3N2O.2ClH/c18-17(19,20)15-3-1-13(2-4-15)16(14-5-11-23-12-6-14)22-9-7-21-8-10-22;;/h1-4,14,16,21H,5-12H2;2*1H/t16-;;/m0../s1. The molecular formula is C17H25Cl2F3N2O. The summed E-state index contributed by atoms with van der Waals surface area (Å²) in [5, 5.41) is 3.34. The Morgan fingerprint density at radius 3 is 2.08 bits per heavy atom. The van der Waals surface area contributed by atoms with Crippen LogP contribution in [0.1, 0.15) is 30.0 Å². The summed E-state index contributed by atoms with van der Waals surface area (Å²) in [6.07, 6.45) is -2.34. The zero-order valence-corrected chi connectivity index (χ0v) is 15.6. The lowest BCUT2D eigenvalue weighted by molar-refractivity contribution is -0.137. The van der Waals surface area contributed by atoms with Crippen molar-refractivity contribution in [3.8, 4) is 0 Å². The molecule has 3 nitrogen and oxygen atoms in total. The van der Waals surface area contributed by atoms with Crippen molar-refractivity contribution in [1.29, 1.82) is 0 Å². The number of ether oxygens (including phenoxy) is 1. The Kier molecular flexibility index (Phi) is 8.98. The fourth-order valence-electron chi connectivity index (χ4n) is 3.64. The topological polar surface area (TPSA) is 24.5 Å². The molecule has 0 unspecified atom stereocenters. The number of benzene rings is 1. The van der Waals surface area contributed by atoms with E-state index in [1.807, 2.05) is 0 Å². The number of nitrogens with zero attached hydrogens (tertiary/aromatic N) is 1. The van der Waals surface area contributed by atoms with Crippen LogP contribution in [0.25, 0.3) is 0 Å². The highest BCUT2D eigenvalue weighted by atomic mass is 35.5. The molecule has 0 aromatic heterocycles. The van der Waals surface area contributed by atoms with Crippen LogP contribution in [-0.4, -0.2) is 44.3 Å². The highest BCUT2D eigenvalue weighted by Crippen LogP contribution is 2.37. The Bertz CT molecular complexity index is 484. The average molecular weight is 401 g/mol. The van der Waals surface area contributed by atoms with Gasteiger partial charge < -0.3 is 10.1 Å². The molecule has 0 saturated carbocycles. The predicted molar refractivity (Wildman–Crippen MR) is 96.7 cm³/mol. The van der Waals surface area contributed by atoms with E-state index in [2.05, 4.69) is 10.2 Å². The molecule has 3 rings (SSSR count). The van der Waals surface area contributed by atoms with Crippen LogP contribution in [0.15, 0.2) is 24.3 Å². The van der Waals surface area contributed by atoms with Crippen LogP contribution < -0.4 is 5.32 Å². The minimum Gasteiger partial charge on any atom is -0.381 e. The smallest absolute Gasteiger partial charge is 0.381 e. The first kappa shape index (κ1) is 22.5. The SMILES string of the molecule is Cl.Cl.FC(F)(F)c1ccc([C@@H](C2CCOCC2)N2CCNCC2)cc1. The summed E-state index contributed by atoms with van der Waals surface area (Å²) >= 11 is 0. The Labute approximate surface area is 159 Å². The largest absolute Gasteiger partial charge is 0.416 e. The number of hydrogen-bond acceptors (Lipinski definition) is 3. The van der Waals surface area contributed by atoms with Crippen molar-refractivity contribution >= 4 is 24.8 Å². The highest BCUT2D eigenvalue weighted by molar-refractivity contribution is 5.85. The fourth-order valence-corrected chi connectivity index (χ4v) is 3.64. The molecule has 0 bridgehead atoms. The maximum atomic E-state index is 12.8. The first-order chi connectivity index (χ1) is 11.1. The first-order valence-electron chi connectivity index (χ1n) is 8.25. The Balaban J connectivity index is 0.00000156. The molecule has 1 aromatic carbocycles. The van der Waals surface area contributed by atoms with Gasteiger partial charge in [0.15, 0.2) is 0 Å². The van der Waals surface area contributed by atoms with E-state index >= 15 is 0 Å². The van der Waals surface area contributed by atoms with Gasteiger partial charge in [0.2, 0.25) is 0 Å². The van der Waals surface area contributed by atoms with Gasteiger partial charge in [-0.05, 0) is 36.5 Å². The van der Waals surface area contributed by atoms with Crippen molar-refractivity contribution in [2.75, 3.05) is 39.4 Å². The lowest BCUT2D eigenvalue weighted by atomic mass is 9.85. The van der Waals surface area contributed by atoms with E-state index in [4.69, 9.17) is 4.74 Å². The Hall–Kier alpha value is -0.530. The molecule has 2 fully saturated rings. The summed E-state index contributed by atoms with van der Waals surface area (Å²) in [5.41, 5.74) is 0.416. The molecular weight excluding hydrogens is 376 g/mol. The van der Waals surface area contributed by atoms with Gasteiger partial charge in [0.1, 0.15) is 0 Å². The second kappa shape index (κ2) is 9.97. The lowest BCUT2D eigenvalue weighted by Gasteiger charge is -2.41. The van der Waals surface area contributed by atoms with E-state index in [1.54, 1.807) is 12.1 Å². The van der Waals surface area contributed by atoms with Gasteiger partial charge in [0.25, 0.3) is 0 Å². The van der Waals surface area contributed by atoms with Gasteiger partial charge in [-0.1, -0.05) is 12.1 Å². The third-order valence-electron chi connectivity index (χ3n) is 4.84. The summed E-state index contributed by atoms with van der Waals surface area (Å²) in [6.45, 7) is 5.22. The molecule has 0 spiro atoms. The Morgan fingerprint density at radius 2 is 1.56 bits per heavy atom. The van der Waals surface area contributed by atoms with Gasteiger partial charge in [-0.25, -0.2) is 0 Å². The Morgan fingerprint density at radius 1 is 1.00 bits per heavy atom. The fraction of sp³-hybridized carbons (Fsp3) is 0.647. The van der Waals surface area contributed by atoms with Crippen LogP contribution >= 0.6 is 24.8 Å². The summed E-state index contributed by atoms with van der Waals surface area (Å²) in [5.74, 6) is 0.443. The minimum atomic E-state index is -4.28. The van der Waals surface area contributed by atoms with Gasteiger partial charge in [-0.15, -0.1) is 24.8 Å². The number of rotatable bonds is 3. The van der Waals surface area contributed by atoms with Gasteiger partial charge in [-0.2, -0.15) is 13.2 Å². The van der Waals surface area contributed by atoms with Crippen molar-refractivity contribution in [1.82, 2.24) is 10.2 Å². The molecule has 0 amide bonds. The van der Waals surface area contributed by atoms with Crippen LogP contribution in [0.3, 0.4) is 0 Å². The molecule has 2 heterocycles. The van der Waals surface area contributed by atoms with Gasteiger partial charge in [0, 0.05) is 45.4 Å². The van der Waals surface area contributed by atoms with Crippen LogP contribution in [0.4, 0.5) is 13.2 Å². The molecule has 2 aliphatic heterocycles. The molecule has 1 atom stereocenters. The highest BCUT2D eigenvalue weighted by Gasteiger charge is 2.33. The summed E-state index contributed by atoms with van der Waals surface area (Å²) in [6, 6.07) is 5.92. The van der Waals surface area contributed by atoms with E-state index in [1.165, 1.54) is 12.1 Å². The summed E-state index contributed by atoms with van der Waals surface area (Å²) < 4.78 is 43.8. The van der Waals surface area contributed by atoms with E-state index in [9.17, 15) is 13.2 Å². The van der Waals surface area contributed by atoms with Crippen LogP contribution in [-0.2, 0) is 10.9 Å². The zero-order chi connectivity index (χ0) is 16.3. The zero-order valence-electron chi connectivity index (χ0n) is 13.9. The quantitative estimate of drug-likeness (QED) is 0.831. The number of nitrogens with one attached hydrogen (secondary N) is 1. The van der Waals surface area contributed by atoms with Gasteiger partial charge >= 0.3 is 6.18 Å². The molecule has 0 aliphatic carbocycles. The van der Waals surface area contributed by atoms with E-state index in [0.29, 0.717) is 5.92 Å². The predicted octanol–water partition coefficient (Wildman–Crippen LogP) is 3.92. The molecule has 8 heteroatoms. The van der Waals surface area contributed by atoms with Crippen LogP contribution in [0.2, 0.25) is 0 Å². The van der Waals surface area contributed by atoms with Crippen molar-refractivity contribution in [3.63, 3.8) is 0 Å². The molecule has 144 valence electrons. The van der Waals surface area contributed by atoms with Crippen molar-refractivity contribution in [2.24, 2.45) is 5.92 Å². The van der Waals surface area contributed by atoms with E-state index < -0.39 is 11.7 Å². The van der Waals surface area contributed by atoms with E-state index in [0.717, 1.165) is 57.8 Å². The normalized spacial score (nSPS) is 21.1. The molecule has 1 N–H and O–H groups in total. The monoisotopic (exact) mass is 400 g/mol. The number of hydrogen-bond donors (Lipinski definition) is 1. The van der Waals surface area contributed by atoms with Crippen LogP contribution in [0.5, 0.6) is 0 Å². The third kappa shape index (κ3) is 5.73. The van der Waals surface area contributed by atoms with Gasteiger partial charge in [-0.3, -0.25) is 4.90 Å².